The molecule has 0 fully saturated rings. The van der Waals surface area contributed by atoms with Crippen LogP contribution in [0, 0.1) is 6.92 Å². The molecule has 0 saturated heterocycles. The Morgan fingerprint density at radius 3 is 2.70 bits per heavy atom. The number of hydrogen-bond donors (Lipinski definition) is 2. The minimum absolute atomic E-state index is 0.0990. The van der Waals surface area contributed by atoms with Crippen LogP contribution in [0.3, 0.4) is 0 Å². The lowest BCUT2D eigenvalue weighted by atomic mass is 10.1. The summed E-state index contributed by atoms with van der Waals surface area (Å²) in [5, 5.41) is 5.39. The van der Waals surface area contributed by atoms with Crippen LogP contribution in [0.25, 0.3) is 0 Å². The number of methoxy groups -OCH3 is 1. The number of aryl methyl sites for hydroxylation is 1. The van der Waals surface area contributed by atoms with Gasteiger partial charge >= 0.3 is 0 Å². The fourth-order valence-corrected chi connectivity index (χ4v) is 2.80. The number of hydrogen-bond acceptors (Lipinski definition) is 5. The molecule has 0 spiro atoms. The van der Waals surface area contributed by atoms with E-state index in [9.17, 15) is 9.59 Å². The van der Waals surface area contributed by atoms with Crippen molar-refractivity contribution in [1.29, 1.82) is 0 Å². The van der Waals surface area contributed by atoms with Gasteiger partial charge in [0.25, 0.3) is 5.91 Å². The smallest absolute Gasteiger partial charge is 0.251 e. The van der Waals surface area contributed by atoms with Gasteiger partial charge in [-0.05, 0) is 43.2 Å². The molecule has 7 heteroatoms. The molecule has 0 aromatic heterocycles. The van der Waals surface area contributed by atoms with Gasteiger partial charge in [0.15, 0.2) is 11.5 Å². The van der Waals surface area contributed by atoms with E-state index >= 15 is 0 Å². The second-order valence-electron chi connectivity index (χ2n) is 6.17. The molecule has 27 heavy (non-hydrogen) atoms. The molecule has 142 valence electrons. The number of rotatable bonds is 7. The summed E-state index contributed by atoms with van der Waals surface area (Å²) < 4.78 is 15.8. The van der Waals surface area contributed by atoms with Gasteiger partial charge in [-0.25, -0.2) is 0 Å². The highest BCUT2D eigenvalue weighted by molar-refractivity contribution is 5.97. The third kappa shape index (κ3) is 4.69. The first-order valence-corrected chi connectivity index (χ1v) is 8.65. The van der Waals surface area contributed by atoms with Crippen LogP contribution < -0.4 is 24.8 Å². The van der Waals surface area contributed by atoms with Crippen molar-refractivity contribution in [2.24, 2.45) is 0 Å². The van der Waals surface area contributed by atoms with E-state index in [1.54, 1.807) is 25.3 Å². The summed E-state index contributed by atoms with van der Waals surface area (Å²) in [6.07, 6.45) is 0.646. The molecule has 0 saturated carbocycles. The average Bonchev–Trinajstić information content (AvgIpc) is 3.14. The van der Waals surface area contributed by atoms with Crippen LogP contribution in [0.15, 0.2) is 36.4 Å². The predicted octanol–water partition coefficient (Wildman–Crippen LogP) is 1.82. The molecule has 2 N–H and O–H groups in total. The molecule has 2 aromatic carbocycles. The van der Waals surface area contributed by atoms with Crippen molar-refractivity contribution in [3.8, 4) is 17.2 Å². The third-order valence-corrected chi connectivity index (χ3v) is 4.20. The van der Waals surface area contributed by atoms with E-state index in [-0.39, 0.29) is 25.2 Å². The minimum Gasteiger partial charge on any atom is -0.496 e. The molecule has 2 amide bonds. The number of nitrogens with one attached hydrogen (secondary N) is 2. The number of carbonyl (C=O) groups excluding carboxylic acids is 2. The molecule has 0 bridgehead atoms. The largest absolute Gasteiger partial charge is 0.496 e. The predicted molar refractivity (Wildman–Crippen MR) is 99.3 cm³/mol. The lowest BCUT2D eigenvalue weighted by Gasteiger charge is -2.11. The standard InChI is InChI=1S/C20H22N2O5/c1-13-3-5-16(25-2)14(9-13)7-8-21-19(23)11-22-20(24)15-4-6-17-18(10-15)27-12-26-17/h3-6,9-10H,7-8,11-12H2,1-2H3,(H,21,23)(H,22,24). The van der Waals surface area contributed by atoms with Gasteiger partial charge in [-0.1, -0.05) is 17.7 Å². The zero-order valence-corrected chi connectivity index (χ0v) is 15.3. The normalized spacial score (nSPS) is 11.8. The van der Waals surface area contributed by atoms with Crippen molar-refractivity contribution in [2.45, 2.75) is 13.3 Å². The van der Waals surface area contributed by atoms with E-state index in [1.165, 1.54) is 0 Å². The molecule has 3 rings (SSSR count). The summed E-state index contributed by atoms with van der Waals surface area (Å²) >= 11 is 0. The first-order chi connectivity index (χ1) is 13.1. The van der Waals surface area contributed by atoms with Crippen molar-refractivity contribution in [1.82, 2.24) is 10.6 Å². The second-order valence-corrected chi connectivity index (χ2v) is 6.17. The number of benzene rings is 2. The van der Waals surface area contributed by atoms with Crippen LogP contribution in [-0.4, -0.2) is 38.8 Å². The quantitative estimate of drug-likeness (QED) is 0.777. The molecule has 0 aliphatic carbocycles. The summed E-state index contributed by atoms with van der Waals surface area (Å²) in [6, 6.07) is 10.8. The van der Waals surface area contributed by atoms with Crippen molar-refractivity contribution >= 4 is 11.8 Å². The van der Waals surface area contributed by atoms with Crippen LogP contribution in [0.4, 0.5) is 0 Å². The second kappa shape index (κ2) is 8.44. The van der Waals surface area contributed by atoms with Gasteiger partial charge in [0.2, 0.25) is 12.7 Å². The molecule has 0 unspecified atom stereocenters. The molecule has 0 radical (unpaired) electrons. The van der Waals surface area contributed by atoms with Crippen molar-refractivity contribution in [3.63, 3.8) is 0 Å². The van der Waals surface area contributed by atoms with Crippen LogP contribution in [-0.2, 0) is 11.2 Å². The van der Waals surface area contributed by atoms with Crippen LogP contribution in [0.5, 0.6) is 17.2 Å². The van der Waals surface area contributed by atoms with Gasteiger partial charge in [0.1, 0.15) is 5.75 Å². The van der Waals surface area contributed by atoms with E-state index in [4.69, 9.17) is 14.2 Å². The third-order valence-electron chi connectivity index (χ3n) is 4.20. The molecular formula is C20H22N2O5. The highest BCUT2D eigenvalue weighted by Gasteiger charge is 2.16. The number of fused-ring (bicyclic) bond motifs is 1. The molecule has 7 nitrogen and oxygen atoms in total. The molecule has 2 aromatic rings. The van der Waals surface area contributed by atoms with Gasteiger partial charge in [0, 0.05) is 12.1 Å². The van der Waals surface area contributed by atoms with E-state index in [0.29, 0.717) is 30.0 Å². The summed E-state index contributed by atoms with van der Waals surface area (Å²) in [5.74, 6) is 1.33. The minimum atomic E-state index is -0.344. The summed E-state index contributed by atoms with van der Waals surface area (Å²) in [6.45, 7) is 2.51. The van der Waals surface area contributed by atoms with Gasteiger partial charge in [-0.15, -0.1) is 0 Å². The van der Waals surface area contributed by atoms with Gasteiger partial charge < -0.3 is 24.8 Å². The number of ether oxygens (including phenoxy) is 3. The number of amides is 2. The first kappa shape index (κ1) is 18.6. The van der Waals surface area contributed by atoms with E-state index in [0.717, 1.165) is 16.9 Å². The maximum absolute atomic E-state index is 12.2. The molecule has 1 aliphatic rings. The van der Waals surface area contributed by atoms with Crippen LogP contribution >= 0.6 is 0 Å². The van der Waals surface area contributed by atoms with E-state index in [1.807, 2.05) is 25.1 Å². The molecule has 1 heterocycles. The van der Waals surface area contributed by atoms with Crippen molar-refractivity contribution < 1.29 is 23.8 Å². The molecular weight excluding hydrogens is 348 g/mol. The topological polar surface area (TPSA) is 85.9 Å². The fourth-order valence-electron chi connectivity index (χ4n) is 2.80. The zero-order chi connectivity index (χ0) is 19.2. The average molecular weight is 370 g/mol. The van der Waals surface area contributed by atoms with Crippen LogP contribution in [0.1, 0.15) is 21.5 Å². The monoisotopic (exact) mass is 370 g/mol. The zero-order valence-electron chi connectivity index (χ0n) is 15.3. The highest BCUT2D eigenvalue weighted by Crippen LogP contribution is 2.32. The van der Waals surface area contributed by atoms with E-state index < -0.39 is 0 Å². The summed E-state index contributed by atoms with van der Waals surface area (Å²) in [7, 11) is 1.62. The lowest BCUT2D eigenvalue weighted by molar-refractivity contribution is -0.120. The maximum Gasteiger partial charge on any atom is 0.251 e. The Morgan fingerprint density at radius 2 is 1.89 bits per heavy atom. The van der Waals surface area contributed by atoms with Crippen molar-refractivity contribution in [2.75, 3.05) is 27.0 Å². The first-order valence-electron chi connectivity index (χ1n) is 8.65. The summed E-state index contributed by atoms with van der Waals surface area (Å²) in [4.78, 5) is 24.1. The van der Waals surface area contributed by atoms with Gasteiger partial charge in [-0.3, -0.25) is 9.59 Å². The number of carbonyl (C=O) groups is 2. The maximum atomic E-state index is 12.2. The van der Waals surface area contributed by atoms with Crippen LogP contribution in [0.2, 0.25) is 0 Å². The SMILES string of the molecule is COc1ccc(C)cc1CCNC(=O)CNC(=O)c1ccc2c(c1)OCO2. The van der Waals surface area contributed by atoms with Crippen molar-refractivity contribution in [3.05, 3.63) is 53.1 Å². The lowest BCUT2D eigenvalue weighted by Crippen LogP contribution is -2.37. The molecule has 1 aliphatic heterocycles. The van der Waals surface area contributed by atoms with Gasteiger partial charge in [-0.2, -0.15) is 0 Å². The molecule has 0 atom stereocenters. The Balaban J connectivity index is 1.44. The Bertz CT molecular complexity index is 850. The van der Waals surface area contributed by atoms with E-state index in [2.05, 4.69) is 10.6 Å². The van der Waals surface area contributed by atoms with Gasteiger partial charge in [0.05, 0.1) is 13.7 Å². The highest BCUT2D eigenvalue weighted by atomic mass is 16.7. The summed E-state index contributed by atoms with van der Waals surface area (Å²) in [5.41, 5.74) is 2.58. The Hall–Kier alpha value is -3.22. The Kier molecular flexibility index (Phi) is 5.80. The Morgan fingerprint density at radius 1 is 1.07 bits per heavy atom. The Labute approximate surface area is 157 Å². The fraction of sp³-hybridized carbons (Fsp3) is 0.300.